The van der Waals surface area contributed by atoms with E-state index in [1.54, 1.807) is 29.1 Å². The number of carbonyl (C=O) groups is 2. The van der Waals surface area contributed by atoms with Crippen LogP contribution in [0.3, 0.4) is 0 Å². The number of benzene rings is 1. The van der Waals surface area contributed by atoms with Crippen LogP contribution in [0.2, 0.25) is 0 Å². The zero-order valence-corrected chi connectivity index (χ0v) is 23.9. The van der Waals surface area contributed by atoms with E-state index in [1.807, 2.05) is 46.8 Å². The number of hydrogen-bond acceptors (Lipinski definition) is 5. The Morgan fingerprint density at radius 3 is 2.56 bits per heavy atom. The third-order valence-corrected chi connectivity index (χ3v) is 8.52. The molecule has 2 bridgehead atoms. The minimum absolute atomic E-state index is 0.0442. The summed E-state index contributed by atoms with van der Waals surface area (Å²) >= 11 is 0. The van der Waals surface area contributed by atoms with Gasteiger partial charge in [0.05, 0.1) is 12.3 Å². The molecule has 0 saturated heterocycles. The van der Waals surface area contributed by atoms with Gasteiger partial charge < -0.3 is 10.1 Å². The van der Waals surface area contributed by atoms with E-state index in [2.05, 4.69) is 20.6 Å². The van der Waals surface area contributed by atoms with Gasteiger partial charge in [0.15, 0.2) is 11.9 Å². The van der Waals surface area contributed by atoms with E-state index in [1.165, 1.54) is 16.9 Å². The summed E-state index contributed by atoms with van der Waals surface area (Å²) in [7, 11) is 0. The topological polar surface area (TPSA) is 105 Å². The largest absolute Gasteiger partial charge is 0.493 e. The molecule has 4 heterocycles. The van der Waals surface area contributed by atoms with Gasteiger partial charge in [-0.2, -0.15) is 10.2 Å². The second-order valence-corrected chi connectivity index (χ2v) is 11.6. The number of allylic oxidation sites excluding steroid dienone is 2. The summed E-state index contributed by atoms with van der Waals surface area (Å²) in [4.78, 5) is 28.2. The molecule has 212 valence electrons. The first-order valence-corrected chi connectivity index (χ1v) is 13.9. The zero-order chi connectivity index (χ0) is 29.1. The van der Waals surface area contributed by atoms with Crippen LogP contribution >= 0.6 is 0 Å². The molecular weight excluding hydrogens is 523 g/mol. The lowest BCUT2D eigenvalue weighted by Gasteiger charge is -2.37. The van der Waals surface area contributed by atoms with Crippen molar-refractivity contribution >= 4 is 23.7 Å². The van der Waals surface area contributed by atoms with Gasteiger partial charge in [-0.05, 0) is 76.8 Å². The number of nitrogens with zero attached hydrogens (tertiary/aromatic N) is 4. The summed E-state index contributed by atoms with van der Waals surface area (Å²) in [6, 6.07) is 7.99. The van der Waals surface area contributed by atoms with Crippen LogP contribution in [0.15, 0.2) is 59.8 Å². The minimum atomic E-state index is -0.951. The molecule has 1 fully saturated rings. The lowest BCUT2D eigenvalue weighted by molar-refractivity contribution is -0.366. The molecule has 2 aliphatic heterocycles. The molecule has 2 amide bonds. The fraction of sp³-hybridized carbons (Fsp3) is 0.387. The van der Waals surface area contributed by atoms with Gasteiger partial charge in [-0.1, -0.05) is 0 Å². The van der Waals surface area contributed by atoms with E-state index in [4.69, 9.17) is 4.74 Å². The van der Waals surface area contributed by atoms with Gasteiger partial charge in [0, 0.05) is 53.0 Å². The molecule has 3 aliphatic rings. The van der Waals surface area contributed by atoms with Crippen molar-refractivity contribution < 1.29 is 23.3 Å². The lowest BCUT2D eigenvalue weighted by atomic mass is 9.76. The van der Waals surface area contributed by atoms with E-state index in [0.717, 1.165) is 40.9 Å². The SMILES string of the molecule is CC1=C2/C=C(/F)C=[N+](c3ccc(-c4c(C)n[nH]c4C)cc3)C(=O)[C@@H](NC(=O)c3ccnn3C(C)C)C1C1(CC1)CO2. The Balaban J connectivity index is 1.44. The number of nitrogens with one attached hydrogen (secondary N) is 2. The number of amides is 2. The fourth-order valence-electron chi connectivity index (χ4n) is 6.29. The number of fused-ring (bicyclic) bond motifs is 2. The first-order valence-electron chi connectivity index (χ1n) is 13.9. The molecule has 9 nitrogen and oxygen atoms in total. The van der Waals surface area contributed by atoms with Crippen LogP contribution in [0.4, 0.5) is 10.1 Å². The van der Waals surface area contributed by atoms with Gasteiger partial charge in [0.2, 0.25) is 11.9 Å². The molecule has 41 heavy (non-hydrogen) atoms. The summed E-state index contributed by atoms with van der Waals surface area (Å²) in [5.41, 5.74) is 5.02. The van der Waals surface area contributed by atoms with Gasteiger partial charge in [0.25, 0.3) is 5.91 Å². The highest BCUT2D eigenvalue weighted by Gasteiger charge is 2.59. The van der Waals surface area contributed by atoms with Crippen molar-refractivity contribution in [3.8, 4) is 11.1 Å². The number of aromatic amines is 1. The Hall–Kier alpha value is -4.34. The molecule has 2 N–H and O–H groups in total. The number of carbonyl (C=O) groups excluding carboxylic acids is 2. The highest BCUT2D eigenvalue weighted by Crippen LogP contribution is 2.59. The maximum atomic E-state index is 15.4. The molecule has 0 radical (unpaired) electrons. The molecule has 1 aromatic carbocycles. The van der Waals surface area contributed by atoms with Gasteiger partial charge in [-0.3, -0.25) is 14.6 Å². The standard InChI is InChI=1S/C31H33FN6O3/c1-17(2)38-24(10-13-33-38)29(39)34-28-27-18(3)25(41-16-31(27)11-12-31)14-22(32)15-37(30(28)40)23-8-6-21(7-9-23)26-19(4)35-36-20(26)5/h6-10,13-15,17,27-28H,11-12,16H2,1-5H3,(H-,34,35,36,39)/p+1/b22-14+,37-15?/t27?,28-/m0/s1. The second kappa shape index (κ2) is 9.94. The van der Waals surface area contributed by atoms with E-state index in [9.17, 15) is 9.59 Å². The van der Waals surface area contributed by atoms with Crippen molar-refractivity contribution in [2.75, 3.05) is 6.61 Å². The molecule has 1 spiro atoms. The van der Waals surface area contributed by atoms with Crippen molar-refractivity contribution in [3.63, 3.8) is 0 Å². The summed E-state index contributed by atoms with van der Waals surface area (Å²) in [5, 5.41) is 14.6. The van der Waals surface area contributed by atoms with Crippen LogP contribution in [0.25, 0.3) is 11.1 Å². The molecule has 6 rings (SSSR count). The second-order valence-electron chi connectivity index (χ2n) is 11.6. The minimum Gasteiger partial charge on any atom is -0.493 e. The summed E-state index contributed by atoms with van der Waals surface area (Å²) in [6.07, 6.45) is 5.81. The predicted octanol–water partition coefficient (Wildman–Crippen LogP) is 5.08. The van der Waals surface area contributed by atoms with Gasteiger partial charge in [-0.15, -0.1) is 4.58 Å². The maximum Gasteiger partial charge on any atom is 0.415 e. The fourth-order valence-corrected chi connectivity index (χ4v) is 6.29. The number of aromatic nitrogens is 4. The quantitative estimate of drug-likeness (QED) is 0.426. The molecular formula is C31H34FN6O3+. The van der Waals surface area contributed by atoms with E-state index in [-0.39, 0.29) is 17.4 Å². The number of ether oxygens (including phenoxy) is 1. The number of halogens is 1. The number of aryl methyl sites for hydroxylation is 2. The highest BCUT2D eigenvalue weighted by molar-refractivity contribution is 5.96. The first kappa shape index (κ1) is 26.9. The van der Waals surface area contributed by atoms with E-state index >= 15 is 4.39 Å². The van der Waals surface area contributed by atoms with Crippen molar-refractivity contribution in [1.29, 1.82) is 0 Å². The van der Waals surface area contributed by atoms with Crippen LogP contribution in [-0.4, -0.2) is 55.2 Å². The van der Waals surface area contributed by atoms with Crippen molar-refractivity contribution in [2.45, 2.75) is 59.5 Å². The smallest absolute Gasteiger partial charge is 0.415 e. The Labute approximate surface area is 237 Å². The molecule has 2 atom stereocenters. The molecule has 3 aromatic rings. The molecule has 1 saturated carbocycles. The average Bonchev–Trinajstić information content (AvgIpc) is 3.36. The van der Waals surface area contributed by atoms with Crippen LogP contribution < -0.4 is 5.32 Å². The Bertz CT molecular complexity index is 1620. The van der Waals surface area contributed by atoms with Crippen LogP contribution in [0.1, 0.15) is 61.5 Å². The Morgan fingerprint density at radius 2 is 1.93 bits per heavy atom. The maximum absolute atomic E-state index is 15.4. The third-order valence-electron chi connectivity index (χ3n) is 8.52. The summed E-state index contributed by atoms with van der Waals surface area (Å²) in [5.74, 6) is -1.39. The average molecular weight is 558 g/mol. The van der Waals surface area contributed by atoms with Crippen molar-refractivity contribution in [2.24, 2.45) is 11.3 Å². The molecule has 1 unspecified atom stereocenters. The molecule has 10 heteroatoms. The highest BCUT2D eigenvalue weighted by atomic mass is 19.1. The number of hydrogen-bond donors (Lipinski definition) is 2. The van der Waals surface area contributed by atoms with Gasteiger partial charge >= 0.3 is 5.91 Å². The Morgan fingerprint density at radius 1 is 1.20 bits per heavy atom. The Kier molecular flexibility index (Phi) is 6.51. The zero-order valence-electron chi connectivity index (χ0n) is 23.9. The lowest BCUT2D eigenvalue weighted by Crippen LogP contribution is -2.53. The number of H-pyrrole nitrogens is 1. The summed E-state index contributed by atoms with van der Waals surface area (Å²) in [6.45, 7) is 9.99. The van der Waals surface area contributed by atoms with Crippen molar-refractivity contribution in [3.05, 3.63) is 76.8 Å². The molecule has 1 aliphatic carbocycles. The normalized spacial score (nSPS) is 22.9. The van der Waals surface area contributed by atoms with Gasteiger partial charge in [0.1, 0.15) is 11.5 Å². The van der Waals surface area contributed by atoms with Crippen LogP contribution in [-0.2, 0) is 9.53 Å². The summed E-state index contributed by atoms with van der Waals surface area (Å²) < 4.78 is 24.4. The third kappa shape index (κ3) is 4.61. The van der Waals surface area contributed by atoms with E-state index < -0.39 is 23.7 Å². The van der Waals surface area contributed by atoms with Crippen LogP contribution in [0, 0.1) is 25.2 Å². The van der Waals surface area contributed by atoms with Gasteiger partial charge in [-0.25, -0.2) is 9.18 Å². The number of rotatable bonds is 5. The molecule has 2 aromatic heterocycles. The van der Waals surface area contributed by atoms with Crippen molar-refractivity contribution in [1.82, 2.24) is 25.3 Å². The van der Waals surface area contributed by atoms with E-state index in [0.29, 0.717) is 23.7 Å². The predicted molar refractivity (Wildman–Crippen MR) is 151 cm³/mol. The monoisotopic (exact) mass is 557 g/mol. The van der Waals surface area contributed by atoms with Crippen LogP contribution in [0.5, 0.6) is 0 Å². The first-order chi connectivity index (χ1) is 19.6.